The van der Waals surface area contributed by atoms with Crippen LogP contribution in [0.3, 0.4) is 0 Å². The molecule has 0 amide bonds. The Morgan fingerprint density at radius 1 is 1.29 bits per heavy atom. The second kappa shape index (κ2) is 4.03. The molecule has 0 bridgehead atoms. The van der Waals surface area contributed by atoms with E-state index in [-0.39, 0.29) is 10.6 Å². The molecule has 0 unspecified atom stereocenters. The number of hydrogen-bond donors (Lipinski definition) is 3. The third kappa shape index (κ3) is 2.41. The molecule has 7 nitrogen and oxygen atoms in total. The minimum atomic E-state index is -4.31. The molecule has 0 aliphatic heterocycles. The molecule has 0 spiro atoms. The average Bonchev–Trinajstić information content (AvgIpc) is 2.14. The summed E-state index contributed by atoms with van der Waals surface area (Å²) in [7, 11) is -4.31. The van der Waals surface area contributed by atoms with Gasteiger partial charge in [-0.2, -0.15) is 14.0 Å². The lowest BCUT2D eigenvalue weighted by Gasteiger charge is -2.06. The van der Waals surface area contributed by atoms with Crippen molar-refractivity contribution in [2.75, 3.05) is 5.43 Å². The van der Waals surface area contributed by atoms with Crippen molar-refractivity contribution in [3.8, 4) is 0 Å². The fourth-order valence-electron chi connectivity index (χ4n) is 0.878. The first-order valence-electron chi connectivity index (χ1n) is 3.45. The Morgan fingerprint density at radius 3 is 2.50 bits per heavy atom. The second-order valence-corrected chi connectivity index (χ2v) is 3.69. The summed E-state index contributed by atoms with van der Waals surface area (Å²) in [4.78, 5) is 9.37. The molecule has 3 N–H and O–H groups in total. The number of hydrogen-bond acceptors (Lipinski definition) is 5. The summed E-state index contributed by atoms with van der Waals surface area (Å²) in [6.45, 7) is 0. The largest absolute Gasteiger partial charge is 0.296 e. The van der Waals surface area contributed by atoms with E-state index in [4.69, 9.17) is 4.55 Å². The summed E-state index contributed by atoms with van der Waals surface area (Å²) >= 11 is 0. The molecule has 0 aliphatic carbocycles. The Morgan fingerprint density at radius 2 is 1.93 bits per heavy atom. The van der Waals surface area contributed by atoms with Gasteiger partial charge in [0.25, 0.3) is 10.1 Å². The normalized spacial score (nSPS) is 10.6. The van der Waals surface area contributed by atoms with E-state index < -0.39 is 10.1 Å². The van der Waals surface area contributed by atoms with Gasteiger partial charge in [0.2, 0.25) is 0 Å². The average molecular weight is 217 g/mol. The predicted molar refractivity (Wildman–Crippen MR) is 48.8 cm³/mol. The lowest BCUT2D eigenvalue weighted by atomic mass is 10.3. The zero-order chi connectivity index (χ0) is 10.6. The van der Waals surface area contributed by atoms with Crippen molar-refractivity contribution in [3.63, 3.8) is 0 Å². The highest BCUT2D eigenvalue weighted by Gasteiger charge is 2.13. The van der Waals surface area contributed by atoms with E-state index in [1.54, 1.807) is 0 Å². The van der Waals surface area contributed by atoms with Crippen molar-refractivity contribution >= 4 is 15.8 Å². The predicted octanol–water partition coefficient (Wildman–Crippen LogP) is 0.531. The van der Waals surface area contributed by atoms with Crippen molar-refractivity contribution in [2.45, 2.75) is 4.90 Å². The Hall–Kier alpha value is -1.67. The summed E-state index contributed by atoms with van der Waals surface area (Å²) in [5.74, 6) is 0. The van der Waals surface area contributed by atoms with Gasteiger partial charge in [0.05, 0.1) is 11.0 Å². The Bertz CT molecular complexity index is 430. The third-order valence-electron chi connectivity index (χ3n) is 1.40. The zero-order valence-electron chi connectivity index (χ0n) is 6.84. The van der Waals surface area contributed by atoms with Gasteiger partial charge in [0, 0.05) is 0 Å². The monoisotopic (exact) mass is 217 g/mol. The number of anilines is 1. The van der Waals surface area contributed by atoms with Gasteiger partial charge in [-0.05, 0) is 12.1 Å². The Kier molecular flexibility index (Phi) is 2.99. The first-order chi connectivity index (χ1) is 6.55. The lowest BCUT2D eigenvalue weighted by Crippen LogP contribution is -2.16. The molecule has 1 aromatic carbocycles. The number of nitrogens with zero attached hydrogens (tertiary/aromatic N) is 1. The fraction of sp³-hybridized carbons (Fsp3) is 0. The van der Waals surface area contributed by atoms with Crippen molar-refractivity contribution in [1.29, 1.82) is 0 Å². The molecule has 1 aromatic rings. The summed E-state index contributed by atoms with van der Waals surface area (Å²) in [5, 5.41) is 2.27. The van der Waals surface area contributed by atoms with Crippen LogP contribution in [0.4, 0.5) is 5.69 Å². The van der Waals surface area contributed by atoms with E-state index in [0.717, 1.165) is 0 Å². The molecular weight excluding hydrogens is 210 g/mol. The van der Waals surface area contributed by atoms with Crippen LogP contribution < -0.4 is 11.0 Å². The Labute approximate surface area is 79.8 Å². The molecule has 0 aromatic heterocycles. The minimum Gasteiger partial charge on any atom is -0.282 e. The summed E-state index contributed by atoms with van der Waals surface area (Å²) < 4.78 is 30.4. The SMILES string of the molecule is O=NNNc1ccccc1S(=O)(=O)O. The number of hydrazine groups is 1. The van der Waals surface area contributed by atoms with Crippen molar-refractivity contribution in [1.82, 2.24) is 5.53 Å². The molecule has 0 radical (unpaired) electrons. The molecule has 0 saturated heterocycles. The maximum Gasteiger partial charge on any atom is 0.296 e. The van der Waals surface area contributed by atoms with Crippen LogP contribution in [0.25, 0.3) is 0 Å². The summed E-state index contributed by atoms with van der Waals surface area (Å²) in [5.41, 5.74) is 4.06. The number of rotatable bonds is 4. The molecular formula is C6H7N3O4S. The number of benzene rings is 1. The molecule has 76 valence electrons. The Balaban J connectivity index is 3.10. The highest BCUT2D eigenvalue weighted by atomic mass is 32.2. The van der Waals surface area contributed by atoms with Crippen LogP contribution in [0.5, 0.6) is 0 Å². The van der Waals surface area contributed by atoms with Crippen LogP contribution in [0, 0.1) is 4.91 Å². The van der Waals surface area contributed by atoms with E-state index >= 15 is 0 Å². The summed E-state index contributed by atoms with van der Waals surface area (Å²) in [6.07, 6.45) is 0. The van der Waals surface area contributed by atoms with Crippen LogP contribution in [0.2, 0.25) is 0 Å². The van der Waals surface area contributed by atoms with Crippen LogP contribution in [-0.2, 0) is 10.1 Å². The van der Waals surface area contributed by atoms with Gasteiger partial charge in [0.15, 0.2) is 0 Å². The molecule has 14 heavy (non-hydrogen) atoms. The van der Waals surface area contributed by atoms with Crippen LogP contribution in [-0.4, -0.2) is 13.0 Å². The molecule has 0 heterocycles. The van der Waals surface area contributed by atoms with Crippen LogP contribution in [0.15, 0.2) is 34.4 Å². The van der Waals surface area contributed by atoms with Gasteiger partial charge < -0.3 is 0 Å². The number of nitrogens with one attached hydrogen (secondary N) is 2. The zero-order valence-corrected chi connectivity index (χ0v) is 7.65. The summed E-state index contributed by atoms with van der Waals surface area (Å²) in [6, 6.07) is 5.51. The highest BCUT2D eigenvalue weighted by molar-refractivity contribution is 7.86. The van der Waals surface area contributed by atoms with Crippen LogP contribution in [0.1, 0.15) is 0 Å². The van der Waals surface area contributed by atoms with Gasteiger partial charge in [0.1, 0.15) is 4.90 Å². The van der Waals surface area contributed by atoms with E-state index in [9.17, 15) is 13.3 Å². The third-order valence-corrected chi connectivity index (χ3v) is 2.31. The van der Waals surface area contributed by atoms with E-state index in [1.165, 1.54) is 24.3 Å². The van der Waals surface area contributed by atoms with Crippen molar-refractivity contribution in [3.05, 3.63) is 29.2 Å². The van der Waals surface area contributed by atoms with Gasteiger partial charge >= 0.3 is 0 Å². The smallest absolute Gasteiger partial charge is 0.282 e. The standard InChI is InChI=1S/C6H7N3O4S/c10-9-8-7-5-3-1-2-4-6(5)14(11,12)13/h1-4H,(H,7,9)(H,8,10)(H,11,12,13). The minimum absolute atomic E-state index is 0.0367. The van der Waals surface area contributed by atoms with E-state index in [2.05, 4.69) is 10.7 Å². The molecule has 0 atom stereocenters. The maximum absolute atomic E-state index is 10.8. The van der Waals surface area contributed by atoms with E-state index in [1.807, 2.05) is 5.53 Å². The maximum atomic E-state index is 10.8. The van der Waals surface area contributed by atoms with Crippen molar-refractivity contribution in [2.24, 2.45) is 5.29 Å². The number of para-hydroxylation sites is 1. The van der Waals surface area contributed by atoms with Crippen molar-refractivity contribution < 1.29 is 13.0 Å². The second-order valence-electron chi connectivity index (χ2n) is 2.30. The first kappa shape index (κ1) is 10.4. The molecule has 0 fully saturated rings. The number of nitroso groups, excluding NO2 is 1. The van der Waals surface area contributed by atoms with Gasteiger partial charge in [-0.1, -0.05) is 12.1 Å². The molecule has 0 saturated carbocycles. The molecule has 8 heteroatoms. The lowest BCUT2D eigenvalue weighted by molar-refractivity contribution is 0.483. The van der Waals surface area contributed by atoms with Crippen LogP contribution >= 0.6 is 0 Å². The highest BCUT2D eigenvalue weighted by Crippen LogP contribution is 2.19. The fourth-order valence-corrected chi connectivity index (χ4v) is 1.53. The molecule has 0 aliphatic rings. The van der Waals surface area contributed by atoms with Gasteiger partial charge in [-0.25, -0.2) is 0 Å². The molecule has 1 rings (SSSR count). The topological polar surface area (TPSA) is 108 Å². The van der Waals surface area contributed by atoms with E-state index in [0.29, 0.717) is 0 Å². The van der Waals surface area contributed by atoms with Gasteiger partial charge in [-0.3, -0.25) is 9.98 Å². The first-order valence-corrected chi connectivity index (χ1v) is 4.89. The quantitative estimate of drug-likeness (QED) is 0.385. The van der Waals surface area contributed by atoms with Gasteiger partial charge in [-0.15, -0.1) is 4.91 Å².